The third kappa shape index (κ3) is 1.74. The highest BCUT2D eigenvalue weighted by Crippen LogP contribution is 1.99. The molecule has 11 heavy (non-hydrogen) atoms. The number of carbonyl (C=O) groups is 1. The number of hydrogen-bond donors (Lipinski definition) is 1. The predicted molar refractivity (Wildman–Crippen MR) is 44.2 cm³/mol. The summed E-state index contributed by atoms with van der Waals surface area (Å²) in [6.07, 6.45) is 0. The molecular weight excluding hydrogens is 138 g/mol. The van der Waals surface area contributed by atoms with Gasteiger partial charge in [-0.15, -0.1) is 0 Å². The van der Waals surface area contributed by atoms with E-state index in [1.54, 1.807) is 24.3 Å². The van der Waals surface area contributed by atoms with Gasteiger partial charge in [0.2, 0.25) is 5.78 Å². The van der Waals surface area contributed by atoms with Crippen molar-refractivity contribution in [2.24, 2.45) is 0 Å². The van der Waals surface area contributed by atoms with Gasteiger partial charge >= 0.3 is 0 Å². The summed E-state index contributed by atoms with van der Waals surface area (Å²) in [5.74, 6) is -0.203. The summed E-state index contributed by atoms with van der Waals surface area (Å²) in [6, 6.07) is 8.84. The molecule has 1 aromatic rings. The maximum absolute atomic E-state index is 11.1. The van der Waals surface area contributed by atoms with Crippen molar-refractivity contribution in [3.05, 3.63) is 35.9 Å². The molecule has 0 aromatic heterocycles. The van der Waals surface area contributed by atoms with Gasteiger partial charge in [-0.25, -0.2) is 0 Å². The van der Waals surface area contributed by atoms with E-state index < -0.39 is 0 Å². The molecule has 0 aliphatic carbocycles. The van der Waals surface area contributed by atoms with Crippen molar-refractivity contribution >= 4 is 11.5 Å². The molecule has 0 aliphatic rings. The third-order valence-electron chi connectivity index (χ3n) is 1.38. The van der Waals surface area contributed by atoms with Gasteiger partial charge in [-0.05, 0) is 6.92 Å². The first-order valence-electron chi connectivity index (χ1n) is 3.36. The first kappa shape index (κ1) is 7.66. The zero-order chi connectivity index (χ0) is 8.27. The SMILES string of the molecule is CC(=N)C(=O)c1ccccc1. The van der Waals surface area contributed by atoms with E-state index in [1.807, 2.05) is 6.07 Å². The molecule has 0 saturated heterocycles. The summed E-state index contributed by atoms with van der Waals surface area (Å²) in [5.41, 5.74) is 0.663. The van der Waals surface area contributed by atoms with Crippen molar-refractivity contribution in [1.82, 2.24) is 0 Å². The molecule has 0 amide bonds. The van der Waals surface area contributed by atoms with Crippen LogP contribution in [0.4, 0.5) is 0 Å². The van der Waals surface area contributed by atoms with Gasteiger partial charge in [0.1, 0.15) is 0 Å². The van der Waals surface area contributed by atoms with Crippen molar-refractivity contribution in [3.63, 3.8) is 0 Å². The van der Waals surface area contributed by atoms with E-state index in [2.05, 4.69) is 0 Å². The Bertz CT molecular complexity index is 277. The van der Waals surface area contributed by atoms with Crippen molar-refractivity contribution in [2.75, 3.05) is 0 Å². The maximum Gasteiger partial charge on any atom is 0.206 e. The van der Waals surface area contributed by atoms with Crippen molar-refractivity contribution in [1.29, 1.82) is 5.41 Å². The first-order chi connectivity index (χ1) is 5.22. The van der Waals surface area contributed by atoms with Crippen molar-refractivity contribution in [3.8, 4) is 0 Å². The van der Waals surface area contributed by atoms with Crippen LogP contribution in [-0.4, -0.2) is 11.5 Å². The van der Waals surface area contributed by atoms with E-state index in [0.717, 1.165) is 0 Å². The first-order valence-corrected chi connectivity index (χ1v) is 3.36. The molecule has 0 fully saturated rings. The number of carbonyl (C=O) groups excluding carboxylic acids is 1. The molecule has 2 nitrogen and oxygen atoms in total. The minimum atomic E-state index is -0.203. The molecule has 1 aromatic carbocycles. The second-order valence-electron chi connectivity index (χ2n) is 2.32. The van der Waals surface area contributed by atoms with Crippen LogP contribution < -0.4 is 0 Å². The molecule has 0 heterocycles. The molecule has 0 aliphatic heterocycles. The third-order valence-corrected chi connectivity index (χ3v) is 1.38. The van der Waals surface area contributed by atoms with E-state index in [1.165, 1.54) is 6.92 Å². The zero-order valence-corrected chi connectivity index (χ0v) is 6.29. The lowest BCUT2D eigenvalue weighted by molar-refractivity contribution is 0.106. The number of ketones is 1. The second-order valence-corrected chi connectivity index (χ2v) is 2.32. The fraction of sp³-hybridized carbons (Fsp3) is 0.111. The summed E-state index contributed by atoms with van der Waals surface area (Å²) in [4.78, 5) is 11.1. The topological polar surface area (TPSA) is 40.9 Å². The van der Waals surface area contributed by atoms with Crippen LogP contribution in [0.25, 0.3) is 0 Å². The average molecular weight is 147 g/mol. The quantitative estimate of drug-likeness (QED) is 0.503. The molecule has 1 N–H and O–H groups in total. The van der Waals surface area contributed by atoms with E-state index in [4.69, 9.17) is 5.41 Å². The van der Waals surface area contributed by atoms with Crippen molar-refractivity contribution in [2.45, 2.75) is 6.92 Å². The highest BCUT2D eigenvalue weighted by molar-refractivity contribution is 6.44. The molecule has 1 rings (SSSR count). The molecule has 56 valence electrons. The monoisotopic (exact) mass is 147 g/mol. The molecule has 0 spiro atoms. The summed E-state index contributed by atoms with van der Waals surface area (Å²) in [7, 11) is 0. The lowest BCUT2D eigenvalue weighted by Crippen LogP contribution is -2.08. The summed E-state index contributed by atoms with van der Waals surface area (Å²) >= 11 is 0. The van der Waals surface area contributed by atoms with E-state index >= 15 is 0 Å². The number of Topliss-reactive ketones (excluding diaryl/α,β-unsaturated/α-hetero) is 1. The lowest BCUT2D eigenvalue weighted by Gasteiger charge is -1.95. The normalized spacial score (nSPS) is 9.18. The predicted octanol–water partition coefficient (Wildman–Crippen LogP) is 1.91. The van der Waals surface area contributed by atoms with Crippen LogP contribution in [0.2, 0.25) is 0 Å². The summed E-state index contributed by atoms with van der Waals surface area (Å²) in [5, 5.41) is 7.09. The minimum Gasteiger partial charge on any atom is -0.302 e. The molecule has 0 bridgehead atoms. The zero-order valence-electron chi connectivity index (χ0n) is 6.29. The summed E-state index contributed by atoms with van der Waals surface area (Å²) in [6.45, 7) is 1.50. The van der Waals surface area contributed by atoms with Gasteiger partial charge in [-0.1, -0.05) is 30.3 Å². The fourth-order valence-electron chi connectivity index (χ4n) is 0.806. The Hall–Kier alpha value is -1.44. The Morgan fingerprint density at radius 2 is 1.82 bits per heavy atom. The van der Waals surface area contributed by atoms with Gasteiger partial charge < -0.3 is 5.41 Å². The number of benzene rings is 1. The summed E-state index contributed by atoms with van der Waals surface area (Å²) < 4.78 is 0. The van der Waals surface area contributed by atoms with Gasteiger partial charge in [-0.2, -0.15) is 0 Å². The molecule has 0 atom stereocenters. The van der Waals surface area contributed by atoms with E-state index in [-0.39, 0.29) is 11.5 Å². The Kier molecular flexibility index (Phi) is 2.16. The van der Waals surface area contributed by atoms with Crippen LogP contribution in [-0.2, 0) is 0 Å². The Balaban J connectivity index is 2.95. The number of nitrogens with one attached hydrogen (secondary N) is 1. The van der Waals surface area contributed by atoms with Gasteiger partial charge in [0, 0.05) is 5.56 Å². The Labute approximate surface area is 65.4 Å². The Morgan fingerprint density at radius 3 is 2.27 bits per heavy atom. The number of rotatable bonds is 2. The minimum absolute atomic E-state index is 0.0798. The average Bonchev–Trinajstić information content (AvgIpc) is 2.05. The maximum atomic E-state index is 11.1. The van der Waals surface area contributed by atoms with E-state index in [0.29, 0.717) is 5.56 Å². The Morgan fingerprint density at radius 1 is 1.27 bits per heavy atom. The van der Waals surface area contributed by atoms with Crippen LogP contribution >= 0.6 is 0 Å². The van der Waals surface area contributed by atoms with Crippen molar-refractivity contribution < 1.29 is 4.79 Å². The molecule has 0 radical (unpaired) electrons. The van der Waals surface area contributed by atoms with Gasteiger partial charge in [0.15, 0.2) is 0 Å². The van der Waals surface area contributed by atoms with Crippen LogP contribution in [0.1, 0.15) is 17.3 Å². The fourth-order valence-corrected chi connectivity index (χ4v) is 0.806. The van der Waals surface area contributed by atoms with Crippen LogP contribution in [0.3, 0.4) is 0 Å². The largest absolute Gasteiger partial charge is 0.302 e. The van der Waals surface area contributed by atoms with Gasteiger partial charge in [-0.3, -0.25) is 4.79 Å². The number of hydrogen-bond acceptors (Lipinski definition) is 2. The van der Waals surface area contributed by atoms with E-state index in [9.17, 15) is 4.79 Å². The molecular formula is C9H9NO. The smallest absolute Gasteiger partial charge is 0.206 e. The molecule has 0 saturated carbocycles. The molecule has 0 unspecified atom stereocenters. The van der Waals surface area contributed by atoms with Gasteiger partial charge in [0.25, 0.3) is 0 Å². The second kappa shape index (κ2) is 3.10. The highest BCUT2D eigenvalue weighted by atomic mass is 16.1. The standard InChI is InChI=1S/C9H9NO/c1-7(10)9(11)8-5-3-2-4-6-8/h2-6,10H,1H3. The van der Waals surface area contributed by atoms with Crippen LogP contribution in [0, 0.1) is 5.41 Å². The van der Waals surface area contributed by atoms with Crippen LogP contribution in [0.15, 0.2) is 30.3 Å². The lowest BCUT2D eigenvalue weighted by atomic mass is 10.1. The highest BCUT2D eigenvalue weighted by Gasteiger charge is 2.05. The van der Waals surface area contributed by atoms with Gasteiger partial charge in [0.05, 0.1) is 5.71 Å². The molecule has 2 heteroatoms. The van der Waals surface area contributed by atoms with Crippen LogP contribution in [0.5, 0.6) is 0 Å².